The Morgan fingerprint density at radius 1 is 1.22 bits per heavy atom. The number of aromatic nitrogens is 1. The molecular formula is C30H35FN2O4. The molecule has 1 unspecified atom stereocenters. The molecule has 4 rings (SSSR count). The van der Waals surface area contributed by atoms with E-state index in [2.05, 4.69) is 23.7 Å². The first-order valence-electron chi connectivity index (χ1n) is 12.9. The monoisotopic (exact) mass is 506 g/mol. The van der Waals surface area contributed by atoms with E-state index in [4.69, 9.17) is 9.47 Å². The molecule has 0 radical (unpaired) electrons. The van der Waals surface area contributed by atoms with Gasteiger partial charge in [0.25, 0.3) is 0 Å². The predicted molar refractivity (Wildman–Crippen MR) is 141 cm³/mol. The number of ether oxygens (including phenoxy) is 2. The normalized spacial score (nSPS) is 15.7. The highest BCUT2D eigenvalue weighted by Crippen LogP contribution is 2.39. The van der Waals surface area contributed by atoms with Gasteiger partial charge in [-0.15, -0.1) is 0 Å². The molecule has 37 heavy (non-hydrogen) atoms. The van der Waals surface area contributed by atoms with Gasteiger partial charge in [-0.3, -0.25) is 9.69 Å². The van der Waals surface area contributed by atoms with Gasteiger partial charge in [0.05, 0.1) is 13.0 Å². The lowest BCUT2D eigenvalue weighted by Gasteiger charge is -2.29. The number of nitrogens with zero attached hydrogens (tertiary/aromatic N) is 2. The molecule has 0 spiro atoms. The van der Waals surface area contributed by atoms with E-state index in [0.717, 1.165) is 47.3 Å². The molecule has 1 aliphatic rings. The molecule has 0 fully saturated rings. The van der Waals surface area contributed by atoms with Gasteiger partial charge < -0.3 is 14.6 Å². The van der Waals surface area contributed by atoms with Crippen LogP contribution in [0.3, 0.4) is 0 Å². The Hall–Kier alpha value is -3.45. The van der Waals surface area contributed by atoms with Crippen LogP contribution >= 0.6 is 0 Å². The molecule has 2 atom stereocenters. The average Bonchev–Trinajstić information content (AvgIpc) is 2.91. The quantitative estimate of drug-likeness (QED) is 0.360. The third kappa shape index (κ3) is 6.10. The zero-order valence-electron chi connectivity index (χ0n) is 22.0. The van der Waals surface area contributed by atoms with Crippen LogP contribution in [-0.4, -0.2) is 41.2 Å². The molecule has 0 aliphatic carbocycles. The Kier molecular flexibility index (Phi) is 8.44. The maximum Gasteiger partial charge on any atom is 0.306 e. The van der Waals surface area contributed by atoms with Gasteiger partial charge in [0, 0.05) is 24.4 Å². The Morgan fingerprint density at radius 3 is 2.70 bits per heavy atom. The lowest BCUT2D eigenvalue weighted by Crippen LogP contribution is -2.23. The highest BCUT2D eigenvalue weighted by molar-refractivity contribution is 5.70. The summed E-state index contributed by atoms with van der Waals surface area (Å²) in [5.41, 5.74) is 5.20. The summed E-state index contributed by atoms with van der Waals surface area (Å²) in [5.74, 6) is -0.434. The summed E-state index contributed by atoms with van der Waals surface area (Å²) in [7, 11) is 1.57. The number of pyridine rings is 1. The van der Waals surface area contributed by atoms with Gasteiger partial charge in [-0.25, -0.2) is 9.37 Å². The van der Waals surface area contributed by atoms with Crippen molar-refractivity contribution in [2.75, 3.05) is 20.2 Å². The van der Waals surface area contributed by atoms with Gasteiger partial charge in [-0.05, 0) is 84.4 Å². The Labute approximate surface area is 218 Å². The molecule has 3 aromatic rings. The van der Waals surface area contributed by atoms with E-state index in [1.807, 2.05) is 36.4 Å². The molecular weight excluding hydrogens is 471 g/mol. The van der Waals surface area contributed by atoms with Gasteiger partial charge >= 0.3 is 5.97 Å². The minimum Gasteiger partial charge on any atom is -0.485 e. The van der Waals surface area contributed by atoms with Crippen molar-refractivity contribution in [1.29, 1.82) is 0 Å². The Balaban J connectivity index is 1.69. The first kappa shape index (κ1) is 26.6. The van der Waals surface area contributed by atoms with Crippen LogP contribution in [0.5, 0.6) is 11.6 Å². The van der Waals surface area contributed by atoms with Crippen molar-refractivity contribution in [3.8, 4) is 22.8 Å². The Bertz CT molecular complexity index is 1260. The number of carboxylic acids is 1. The van der Waals surface area contributed by atoms with Crippen LogP contribution in [0, 0.1) is 11.7 Å². The van der Waals surface area contributed by atoms with Crippen LogP contribution in [-0.2, 0) is 24.2 Å². The van der Waals surface area contributed by atoms with Crippen LogP contribution in [0.15, 0.2) is 48.7 Å². The molecule has 2 heterocycles. The van der Waals surface area contributed by atoms with Crippen molar-refractivity contribution in [2.45, 2.75) is 52.7 Å². The van der Waals surface area contributed by atoms with Crippen molar-refractivity contribution in [3.63, 3.8) is 0 Å². The molecule has 6 nitrogen and oxygen atoms in total. The van der Waals surface area contributed by atoms with Crippen LogP contribution in [0.4, 0.5) is 4.39 Å². The van der Waals surface area contributed by atoms with Crippen LogP contribution in [0.1, 0.15) is 55.5 Å². The van der Waals surface area contributed by atoms with E-state index >= 15 is 4.39 Å². The largest absolute Gasteiger partial charge is 0.485 e. The van der Waals surface area contributed by atoms with Crippen molar-refractivity contribution < 1.29 is 23.8 Å². The van der Waals surface area contributed by atoms with Gasteiger partial charge in [-0.2, -0.15) is 0 Å². The van der Waals surface area contributed by atoms with Crippen LogP contribution in [0.25, 0.3) is 11.1 Å². The number of carbonyl (C=O) groups is 1. The molecule has 0 saturated heterocycles. The number of carboxylic acid groups (broad SMARTS) is 1. The summed E-state index contributed by atoms with van der Waals surface area (Å²) in [6, 6.07) is 13.1. The van der Waals surface area contributed by atoms with E-state index in [1.54, 1.807) is 26.3 Å². The fourth-order valence-corrected chi connectivity index (χ4v) is 4.86. The van der Waals surface area contributed by atoms with Gasteiger partial charge in [0.1, 0.15) is 17.7 Å². The minimum atomic E-state index is -0.828. The summed E-state index contributed by atoms with van der Waals surface area (Å²) < 4.78 is 27.3. The van der Waals surface area contributed by atoms with Gasteiger partial charge in [-0.1, -0.05) is 32.9 Å². The Morgan fingerprint density at radius 2 is 2.00 bits per heavy atom. The van der Waals surface area contributed by atoms with E-state index in [-0.39, 0.29) is 5.82 Å². The summed E-state index contributed by atoms with van der Waals surface area (Å²) in [6.07, 6.45) is 3.11. The number of methoxy groups -OCH3 is 1. The minimum absolute atomic E-state index is 0.307. The first-order valence-corrected chi connectivity index (χ1v) is 12.9. The molecule has 1 N–H and O–H groups in total. The van der Waals surface area contributed by atoms with Gasteiger partial charge in [0.2, 0.25) is 5.88 Å². The molecule has 196 valence electrons. The zero-order valence-corrected chi connectivity index (χ0v) is 22.0. The van der Waals surface area contributed by atoms with E-state index in [9.17, 15) is 9.90 Å². The smallest absolute Gasteiger partial charge is 0.306 e. The highest BCUT2D eigenvalue weighted by atomic mass is 19.1. The average molecular weight is 507 g/mol. The maximum absolute atomic E-state index is 15.7. The zero-order chi connectivity index (χ0) is 26.5. The number of rotatable bonds is 10. The maximum atomic E-state index is 15.7. The second kappa shape index (κ2) is 11.7. The van der Waals surface area contributed by atoms with Crippen molar-refractivity contribution in [3.05, 3.63) is 76.7 Å². The summed E-state index contributed by atoms with van der Waals surface area (Å²) in [5, 5.41) is 9.27. The highest BCUT2D eigenvalue weighted by Gasteiger charge is 2.26. The SMILES string of the molecule is CCN(CC)Cc1cc(C2CCc3ccc(C[C@H](C)C(=O)O)cc3O2)c(F)cc1-c1ccnc(OC)c1. The summed E-state index contributed by atoms with van der Waals surface area (Å²) in [4.78, 5) is 17.8. The van der Waals surface area contributed by atoms with Crippen molar-refractivity contribution >= 4 is 5.97 Å². The fraction of sp³-hybridized carbons (Fsp3) is 0.400. The van der Waals surface area contributed by atoms with Crippen LogP contribution < -0.4 is 9.47 Å². The molecule has 7 heteroatoms. The standard InChI is InChI=1S/C30H35FN2O4/c1-5-33(6-2)18-23-15-25(26(31)17-24(23)22-11-12-32-29(16-22)36-4)27-10-9-21-8-7-20(14-28(21)37-27)13-19(3)30(34)35/h7-8,11-12,14-17,19,27H,5-6,9-10,13,18H2,1-4H3,(H,34,35)/t19-,27?/m0/s1. The third-order valence-electron chi connectivity index (χ3n) is 7.15. The van der Waals surface area contributed by atoms with E-state index in [0.29, 0.717) is 36.6 Å². The number of hydrogen-bond donors (Lipinski definition) is 1. The number of fused-ring (bicyclic) bond motifs is 1. The molecule has 1 aromatic heterocycles. The van der Waals surface area contributed by atoms with E-state index in [1.165, 1.54) is 0 Å². The van der Waals surface area contributed by atoms with Crippen molar-refractivity contribution in [1.82, 2.24) is 9.88 Å². The second-order valence-electron chi connectivity index (χ2n) is 9.61. The summed E-state index contributed by atoms with van der Waals surface area (Å²) >= 11 is 0. The molecule has 0 saturated carbocycles. The number of hydrogen-bond acceptors (Lipinski definition) is 5. The van der Waals surface area contributed by atoms with E-state index < -0.39 is 18.0 Å². The number of halogens is 1. The molecule has 0 bridgehead atoms. The lowest BCUT2D eigenvalue weighted by molar-refractivity contribution is -0.141. The molecule has 2 aromatic carbocycles. The molecule has 0 amide bonds. The first-order chi connectivity index (χ1) is 17.8. The van der Waals surface area contributed by atoms with Crippen LogP contribution in [0.2, 0.25) is 0 Å². The third-order valence-corrected chi connectivity index (χ3v) is 7.15. The fourth-order valence-electron chi connectivity index (χ4n) is 4.86. The molecule has 1 aliphatic heterocycles. The van der Waals surface area contributed by atoms with Gasteiger partial charge in [0.15, 0.2) is 0 Å². The lowest BCUT2D eigenvalue weighted by atomic mass is 9.91. The van der Waals surface area contributed by atoms with Crippen molar-refractivity contribution in [2.24, 2.45) is 5.92 Å². The second-order valence-corrected chi connectivity index (χ2v) is 9.61. The summed E-state index contributed by atoms with van der Waals surface area (Å²) in [6.45, 7) is 8.37. The number of aryl methyl sites for hydroxylation is 1. The topological polar surface area (TPSA) is 71.9 Å². The predicted octanol–water partition coefficient (Wildman–Crippen LogP) is 6.07. The number of aliphatic carboxylic acids is 1. The number of benzene rings is 2.